The van der Waals surface area contributed by atoms with Gasteiger partial charge in [0.2, 0.25) is 70.9 Å². The Kier molecular flexibility index (Phi) is 31.0. The van der Waals surface area contributed by atoms with Crippen molar-refractivity contribution in [3.63, 3.8) is 0 Å². The first-order chi connectivity index (χ1) is 52.2. The predicted molar refractivity (Wildman–Crippen MR) is 396 cm³/mol. The van der Waals surface area contributed by atoms with Crippen molar-refractivity contribution < 1.29 is 93.4 Å². The highest BCUT2D eigenvalue weighted by Crippen LogP contribution is 2.45. The predicted octanol–water partition coefficient (Wildman–Crippen LogP) is 5.74. The van der Waals surface area contributed by atoms with Crippen LogP contribution in [0.2, 0.25) is 0 Å². The van der Waals surface area contributed by atoms with E-state index in [9.17, 15) is 31.9 Å². The van der Waals surface area contributed by atoms with Gasteiger partial charge < -0.3 is 69.5 Å². The molecule has 5 aliphatic heterocycles. The van der Waals surface area contributed by atoms with Gasteiger partial charge in [-0.15, -0.1) is 0 Å². The van der Waals surface area contributed by atoms with Gasteiger partial charge >= 0.3 is 6.18 Å². The van der Waals surface area contributed by atoms with Crippen LogP contribution in [0.15, 0.2) is 0 Å². The SMILES string of the molecule is CCO[C@@H]1C[C@H]2C(=O)NC3(CCC3)C(=O)N(C)[C@@H](C3CCCC3)C(=O)N(C)[C@H](C(=O)N3CCOCC3)CC(=O)N(C)[C@@H](CC3CCCS3)C(=O)N[C@@H]([C@@H](C)CC)C(=O)N(C)CC(=O)N(C)[C@H]3CCCCCN(C3=O)[C@@H](CC3CCC(F)CC3)C(=O)N(C)CC(=O)N[C@@H](CCC3CC(F)C(C(F)(F)F)C(F)C3)C(=O)N2C1. The Labute approximate surface area is 647 Å². The Balaban J connectivity index is 1.11. The van der Waals surface area contributed by atoms with Crippen LogP contribution in [-0.4, -0.2) is 312 Å². The van der Waals surface area contributed by atoms with Gasteiger partial charge in [-0.05, 0) is 158 Å². The topological polar surface area (TPSA) is 289 Å². The highest BCUT2D eigenvalue weighted by molar-refractivity contribution is 8.00. The van der Waals surface area contributed by atoms with Crippen molar-refractivity contribution in [3.05, 3.63) is 0 Å². The van der Waals surface area contributed by atoms with Gasteiger partial charge in [0.15, 0.2) is 0 Å². The second-order valence-corrected chi connectivity index (χ2v) is 34.2. The molecule has 110 heavy (non-hydrogen) atoms. The maximum atomic E-state index is 15.8. The normalized spacial score (nSPS) is 33.5. The zero-order valence-corrected chi connectivity index (χ0v) is 66.6. The summed E-state index contributed by atoms with van der Waals surface area (Å²) >= 11 is 1.64. The van der Waals surface area contributed by atoms with E-state index in [4.69, 9.17) is 9.47 Å². The first-order valence-corrected chi connectivity index (χ1v) is 41.4. The smallest absolute Gasteiger partial charge is 0.378 e. The van der Waals surface area contributed by atoms with Gasteiger partial charge in [-0.2, -0.15) is 24.9 Å². The molecule has 0 aromatic heterocycles. The Morgan fingerprint density at radius 2 is 1.27 bits per heavy atom. The molecule has 5 saturated heterocycles. The number of rotatable bonds is 13. The number of carbonyl (C=O) groups is 12. The molecule has 4 saturated carbocycles. The third kappa shape index (κ3) is 21.1. The molecule has 0 aromatic carbocycles. The molecule has 2 bridgehead atoms. The van der Waals surface area contributed by atoms with E-state index in [0.29, 0.717) is 70.6 Å². The molecule has 0 aromatic rings. The summed E-state index contributed by atoms with van der Waals surface area (Å²) in [5.74, 6) is -12.9. The summed E-state index contributed by atoms with van der Waals surface area (Å²) in [6.45, 7) is 4.44. The standard InChI is InChI=1S/C77H120F6N12O14S/c1-10-46(3)65-73(105)88(5)45-63(98)89(6)56-22-13-12-16-31-94(72(56)104)60(39-47-23-26-50(78)27-24-47)70(102)87(4)44-61(96)84-55(28-25-48-37-53(79)64(54(80)38-48)77(81,82)83)69(101)95-43-51(109-11-2)40-58(95)68(100)86-76(29-18-30-76)75(107)92(9)66(49-19-14-15-20-49)74(106)91(8)59(71(103)93-32-34-108-35-33-93)42-62(97)90(7)57(67(99)85-65)41-52-21-17-36-110-52/h46-60,64-66H,10-45H2,1-9H3,(H,84,96)(H,85,99)(H,86,100)/t46-,47?,48?,50?,51+,52?,53?,54?,55-,56-,57-,58-,59-,60-,64?,65-,66-/m0/s1. The van der Waals surface area contributed by atoms with Crippen LogP contribution in [0.5, 0.6) is 0 Å². The van der Waals surface area contributed by atoms with E-state index in [1.807, 2.05) is 6.92 Å². The van der Waals surface area contributed by atoms with E-state index in [0.717, 1.165) is 23.5 Å². The van der Waals surface area contributed by atoms with Crippen LogP contribution in [0.3, 0.4) is 0 Å². The van der Waals surface area contributed by atoms with Crippen LogP contribution >= 0.6 is 11.8 Å². The van der Waals surface area contributed by atoms with Gasteiger partial charge in [0.25, 0.3) is 0 Å². The second kappa shape index (κ2) is 39.0. The van der Waals surface area contributed by atoms with E-state index in [1.54, 1.807) is 25.6 Å². The van der Waals surface area contributed by atoms with E-state index >= 15 is 51.9 Å². The molecule has 3 N–H and O–H groups in total. The van der Waals surface area contributed by atoms with Gasteiger partial charge in [0.05, 0.1) is 38.8 Å². The average molecular weight is 1580 g/mol. The lowest BCUT2D eigenvalue weighted by Gasteiger charge is -2.47. The largest absolute Gasteiger partial charge is 0.397 e. The number of halogens is 6. The van der Waals surface area contributed by atoms with Crippen molar-refractivity contribution in [2.75, 3.05) is 107 Å². The number of carbonyl (C=O) groups excluding carboxylic acids is 12. The third-order valence-electron chi connectivity index (χ3n) is 25.4. The fourth-order valence-electron chi connectivity index (χ4n) is 18.3. The lowest BCUT2D eigenvalue weighted by Crippen LogP contribution is -2.68. The van der Waals surface area contributed by atoms with Gasteiger partial charge in [-0.3, -0.25) is 57.5 Å². The van der Waals surface area contributed by atoms with Crippen molar-refractivity contribution in [1.82, 2.24) is 60.0 Å². The summed E-state index contributed by atoms with van der Waals surface area (Å²) in [6.07, 6.45) is -7.34. The van der Waals surface area contributed by atoms with Crippen molar-refractivity contribution in [2.45, 2.75) is 278 Å². The van der Waals surface area contributed by atoms with Crippen molar-refractivity contribution >= 4 is 82.6 Å². The minimum absolute atomic E-state index is 0.0350. The molecule has 33 heteroatoms. The number of hydrogen-bond donors (Lipinski definition) is 3. The van der Waals surface area contributed by atoms with E-state index in [1.165, 1.54) is 81.5 Å². The Morgan fingerprint density at radius 3 is 1.88 bits per heavy atom. The van der Waals surface area contributed by atoms with Gasteiger partial charge in [0, 0.05) is 86.7 Å². The van der Waals surface area contributed by atoms with Crippen molar-refractivity contribution in [3.8, 4) is 0 Å². The highest BCUT2D eigenvalue weighted by atomic mass is 32.2. The zero-order chi connectivity index (χ0) is 80.2. The second-order valence-electron chi connectivity index (χ2n) is 32.8. The number of likely N-dealkylation sites (N-methyl/N-ethyl adjacent to an activating group) is 6. The Morgan fingerprint density at radius 1 is 0.618 bits per heavy atom. The quantitative estimate of drug-likeness (QED) is 0.185. The first-order valence-electron chi connectivity index (χ1n) is 40.3. The summed E-state index contributed by atoms with van der Waals surface area (Å²) in [5, 5.41) is 8.56. The molecule has 9 rings (SSSR count). The monoisotopic (exact) mass is 1580 g/mol. The molecule has 620 valence electrons. The van der Waals surface area contributed by atoms with Crippen molar-refractivity contribution in [2.24, 2.45) is 29.6 Å². The van der Waals surface area contributed by atoms with Crippen molar-refractivity contribution in [1.29, 1.82) is 0 Å². The molecule has 9 fully saturated rings. The third-order valence-corrected chi connectivity index (χ3v) is 26.8. The minimum atomic E-state index is -5.19. The molecule has 9 aliphatic rings. The van der Waals surface area contributed by atoms with Crippen LogP contribution in [0, 0.1) is 29.6 Å². The summed E-state index contributed by atoms with van der Waals surface area (Å²) in [5.41, 5.74) is -1.67. The number of ether oxygens (including phenoxy) is 2. The summed E-state index contributed by atoms with van der Waals surface area (Å²) in [6, 6.07) is -10.7. The number of nitrogens with zero attached hydrogens (tertiary/aromatic N) is 9. The number of nitrogens with one attached hydrogen (secondary N) is 3. The minimum Gasteiger partial charge on any atom is -0.378 e. The van der Waals surface area contributed by atoms with E-state index in [-0.39, 0.29) is 115 Å². The molecule has 5 heterocycles. The van der Waals surface area contributed by atoms with Gasteiger partial charge in [-0.25, -0.2) is 13.2 Å². The van der Waals surface area contributed by atoms with Crippen LogP contribution in [-0.2, 0) is 67.0 Å². The number of hydrogen-bond acceptors (Lipinski definition) is 15. The Hall–Kier alpha value is -6.51. The summed E-state index contributed by atoms with van der Waals surface area (Å²) in [7, 11) is 8.45. The maximum Gasteiger partial charge on any atom is 0.397 e. The number of amides is 12. The Bertz CT molecular complexity index is 3240. The molecule has 4 aliphatic carbocycles. The molecular weight excluding hydrogens is 1460 g/mol. The highest BCUT2D eigenvalue weighted by Gasteiger charge is 2.56. The van der Waals surface area contributed by atoms with Gasteiger partial charge in [-0.1, -0.05) is 46.0 Å². The van der Waals surface area contributed by atoms with Crippen LogP contribution < -0.4 is 16.0 Å². The molecule has 1 spiro atoms. The van der Waals surface area contributed by atoms with Crippen LogP contribution in [0.25, 0.3) is 0 Å². The number of alkyl halides is 6. The van der Waals surface area contributed by atoms with E-state index < -0.39 is 218 Å². The lowest BCUT2D eigenvalue weighted by atomic mass is 9.74. The fraction of sp³-hybridized carbons (Fsp3) is 0.844. The van der Waals surface area contributed by atoms with Crippen LogP contribution in [0.1, 0.15) is 188 Å². The number of fused-ring (bicyclic) bond motifs is 3. The molecule has 3 unspecified atom stereocenters. The number of thioether (sulfide) groups is 1. The van der Waals surface area contributed by atoms with Gasteiger partial charge in [0.1, 0.15) is 78.3 Å². The molecule has 0 radical (unpaired) electrons. The molecule has 26 nitrogen and oxygen atoms in total. The average Bonchev–Trinajstić information content (AvgIpc) is 1.31. The summed E-state index contributed by atoms with van der Waals surface area (Å²) in [4.78, 5) is 195. The van der Waals surface area contributed by atoms with Crippen LogP contribution in [0.4, 0.5) is 26.3 Å². The maximum absolute atomic E-state index is 15.8. The first kappa shape index (κ1) is 87.5. The molecular formula is C77H120F6N12O14S. The zero-order valence-electron chi connectivity index (χ0n) is 65.8. The number of morpholine rings is 1. The summed E-state index contributed by atoms with van der Waals surface area (Å²) < 4.78 is 99.5. The molecule has 12 amide bonds. The fourth-order valence-corrected chi connectivity index (χ4v) is 19.6. The molecule has 13 atom stereocenters. The lowest BCUT2D eigenvalue weighted by molar-refractivity contribution is -0.219. The van der Waals surface area contributed by atoms with E-state index in [2.05, 4.69) is 16.0 Å².